The molecule has 1 aromatic heterocycles. The van der Waals surface area contributed by atoms with E-state index in [9.17, 15) is 26.3 Å². The van der Waals surface area contributed by atoms with Gasteiger partial charge in [0, 0.05) is 12.0 Å². The fourth-order valence-electron chi connectivity index (χ4n) is 1.22. The first-order valence-electron chi connectivity index (χ1n) is 5.35. The maximum absolute atomic E-state index is 12.3. The van der Waals surface area contributed by atoms with Crippen LogP contribution in [0.25, 0.3) is 0 Å². The smallest absolute Gasteiger partial charge is 0.434 e. The number of aromatic nitrogens is 2. The Hall–Kier alpha value is -1.74. The number of anilines is 1. The summed E-state index contributed by atoms with van der Waals surface area (Å²) in [4.78, 5) is 7.18. The van der Waals surface area contributed by atoms with Crippen molar-refractivity contribution in [1.82, 2.24) is 9.97 Å². The van der Waals surface area contributed by atoms with Crippen LogP contribution in [0, 0.1) is 0 Å². The van der Waals surface area contributed by atoms with Crippen LogP contribution in [0.5, 0.6) is 5.88 Å². The van der Waals surface area contributed by atoms with Crippen LogP contribution in [0.3, 0.4) is 0 Å². The molecule has 1 heterocycles. The molecule has 2 N–H and O–H groups in total. The maximum Gasteiger partial charge on any atom is 0.434 e. The molecule has 1 aromatic rings. The molecule has 0 saturated carbocycles. The number of nitrogen functional groups attached to an aromatic ring is 1. The van der Waals surface area contributed by atoms with Gasteiger partial charge >= 0.3 is 12.4 Å². The van der Waals surface area contributed by atoms with Gasteiger partial charge in [0.2, 0.25) is 5.88 Å². The Morgan fingerprint density at radius 2 is 1.55 bits per heavy atom. The van der Waals surface area contributed by atoms with E-state index in [2.05, 4.69) is 14.7 Å². The van der Waals surface area contributed by atoms with Crippen molar-refractivity contribution in [2.24, 2.45) is 0 Å². The second-order valence-corrected chi connectivity index (χ2v) is 4.23. The summed E-state index contributed by atoms with van der Waals surface area (Å²) in [7, 11) is 0. The molecule has 114 valence electrons. The molecule has 1 rings (SSSR count). The molecule has 0 bridgehead atoms. The van der Waals surface area contributed by atoms with Crippen LogP contribution in [0.2, 0.25) is 0 Å². The highest BCUT2D eigenvalue weighted by Gasteiger charge is 2.59. The van der Waals surface area contributed by atoms with E-state index in [1.54, 1.807) is 13.8 Å². The first-order valence-corrected chi connectivity index (χ1v) is 5.35. The molecule has 0 aliphatic rings. The van der Waals surface area contributed by atoms with Gasteiger partial charge in [-0.1, -0.05) is 13.8 Å². The SMILES string of the molecule is CC(C)c1nc(N)cc(OC(C(F)(F)F)C(F)(F)F)n1. The number of nitrogens with zero attached hydrogens (tertiary/aromatic N) is 2. The molecule has 0 fully saturated rings. The molecular weight excluding hydrogens is 292 g/mol. The van der Waals surface area contributed by atoms with Crippen molar-refractivity contribution in [2.45, 2.75) is 38.2 Å². The lowest BCUT2D eigenvalue weighted by Crippen LogP contribution is -2.46. The fourth-order valence-corrected chi connectivity index (χ4v) is 1.22. The molecule has 0 aliphatic carbocycles. The minimum Gasteiger partial charge on any atom is -0.455 e. The maximum atomic E-state index is 12.3. The van der Waals surface area contributed by atoms with Crippen LogP contribution in [0.15, 0.2) is 6.07 Å². The highest BCUT2D eigenvalue weighted by atomic mass is 19.4. The average molecular weight is 303 g/mol. The lowest BCUT2D eigenvalue weighted by atomic mass is 10.2. The van der Waals surface area contributed by atoms with Crippen LogP contribution >= 0.6 is 0 Å². The molecule has 0 atom stereocenters. The molecule has 10 heteroatoms. The quantitative estimate of drug-likeness (QED) is 0.872. The van der Waals surface area contributed by atoms with Crippen LogP contribution in [0.1, 0.15) is 25.6 Å². The third kappa shape index (κ3) is 4.14. The van der Waals surface area contributed by atoms with Crippen LogP contribution in [0.4, 0.5) is 32.2 Å². The zero-order chi connectivity index (χ0) is 15.7. The molecule has 0 amide bonds. The monoisotopic (exact) mass is 303 g/mol. The number of ether oxygens (including phenoxy) is 1. The van der Waals surface area contributed by atoms with Gasteiger partial charge in [-0.2, -0.15) is 31.3 Å². The van der Waals surface area contributed by atoms with E-state index in [-0.39, 0.29) is 17.6 Å². The Bertz CT molecular complexity index is 457. The minimum atomic E-state index is -5.62. The molecule has 0 radical (unpaired) electrons. The Kier molecular flexibility index (Phi) is 4.35. The molecule has 0 unspecified atom stereocenters. The molecule has 0 spiro atoms. The molecular formula is C10H11F6N3O. The first-order chi connectivity index (χ1) is 8.91. The standard InChI is InChI=1S/C10H11F6N3O/c1-4(2)7-18-5(17)3-6(19-7)20-8(9(11,12)13)10(14,15)16/h3-4,8H,1-2H3,(H2,17,18,19). The third-order valence-corrected chi connectivity index (χ3v) is 2.09. The number of hydrogen-bond acceptors (Lipinski definition) is 4. The predicted molar refractivity (Wildman–Crippen MR) is 57.1 cm³/mol. The summed E-state index contributed by atoms with van der Waals surface area (Å²) in [6.07, 6.45) is -15.2. The van der Waals surface area contributed by atoms with Crippen molar-refractivity contribution in [3.63, 3.8) is 0 Å². The van der Waals surface area contributed by atoms with E-state index < -0.39 is 24.3 Å². The Morgan fingerprint density at radius 3 is 1.95 bits per heavy atom. The van der Waals surface area contributed by atoms with Gasteiger partial charge in [-0.05, 0) is 0 Å². The van der Waals surface area contributed by atoms with E-state index >= 15 is 0 Å². The summed E-state index contributed by atoms with van der Waals surface area (Å²) in [5.41, 5.74) is 5.30. The van der Waals surface area contributed by atoms with Gasteiger partial charge in [-0.3, -0.25) is 0 Å². The van der Waals surface area contributed by atoms with Gasteiger partial charge in [0.25, 0.3) is 6.10 Å². The van der Waals surface area contributed by atoms with Gasteiger partial charge in [0.1, 0.15) is 11.6 Å². The van der Waals surface area contributed by atoms with E-state index in [0.717, 1.165) is 0 Å². The average Bonchev–Trinajstić information content (AvgIpc) is 2.22. The first kappa shape index (κ1) is 16.3. The molecule has 0 aromatic carbocycles. The van der Waals surface area contributed by atoms with E-state index in [0.29, 0.717) is 6.07 Å². The largest absolute Gasteiger partial charge is 0.455 e. The van der Waals surface area contributed by atoms with Crippen LogP contribution < -0.4 is 10.5 Å². The van der Waals surface area contributed by atoms with E-state index in [1.807, 2.05) is 0 Å². The van der Waals surface area contributed by atoms with Crippen molar-refractivity contribution >= 4 is 5.82 Å². The summed E-state index contributed by atoms with van der Waals surface area (Å²) >= 11 is 0. The predicted octanol–water partition coefficient (Wildman–Crippen LogP) is 3.05. The van der Waals surface area contributed by atoms with E-state index in [1.165, 1.54) is 0 Å². The minimum absolute atomic E-state index is 0.0110. The Balaban J connectivity index is 3.12. The van der Waals surface area contributed by atoms with Gasteiger partial charge in [-0.25, -0.2) is 4.98 Å². The Labute approximate surface area is 110 Å². The van der Waals surface area contributed by atoms with Gasteiger partial charge in [-0.15, -0.1) is 0 Å². The lowest BCUT2D eigenvalue weighted by Gasteiger charge is -2.23. The summed E-state index contributed by atoms with van der Waals surface area (Å²) in [5.74, 6) is -1.50. The lowest BCUT2D eigenvalue weighted by molar-refractivity contribution is -0.300. The zero-order valence-electron chi connectivity index (χ0n) is 10.4. The third-order valence-electron chi connectivity index (χ3n) is 2.09. The van der Waals surface area contributed by atoms with Gasteiger partial charge in [0.05, 0.1) is 0 Å². The van der Waals surface area contributed by atoms with E-state index in [4.69, 9.17) is 5.73 Å². The highest BCUT2D eigenvalue weighted by Crippen LogP contribution is 2.36. The summed E-state index contributed by atoms with van der Waals surface area (Å²) in [6.45, 7) is 3.20. The fraction of sp³-hybridized carbons (Fsp3) is 0.600. The molecule has 0 saturated heterocycles. The normalized spacial score (nSPS) is 13.1. The zero-order valence-corrected chi connectivity index (χ0v) is 10.4. The number of halogens is 6. The number of nitrogens with two attached hydrogens (primary N) is 1. The second kappa shape index (κ2) is 5.33. The summed E-state index contributed by atoms with van der Waals surface area (Å²) in [5, 5.41) is 0. The van der Waals surface area contributed by atoms with Crippen molar-refractivity contribution in [1.29, 1.82) is 0 Å². The number of alkyl halides is 6. The van der Waals surface area contributed by atoms with Gasteiger partial charge < -0.3 is 10.5 Å². The van der Waals surface area contributed by atoms with Crippen LogP contribution in [-0.2, 0) is 0 Å². The number of hydrogen-bond donors (Lipinski definition) is 1. The van der Waals surface area contributed by atoms with Crippen molar-refractivity contribution in [3.8, 4) is 5.88 Å². The topological polar surface area (TPSA) is 61.0 Å². The van der Waals surface area contributed by atoms with Gasteiger partial charge in [0.15, 0.2) is 0 Å². The van der Waals surface area contributed by atoms with Crippen molar-refractivity contribution in [2.75, 3.05) is 5.73 Å². The Morgan fingerprint density at radius 1 is 1.05 bits per heavy atom. The van der Waals surface area contributed by atoms with Crippen LogP contribution in [-0.4, -0.2) is 28.4 Å². The molecule has 0 aliphatic heterocycles. The van der Waals surface area contributed by atoms with Crippen molar-refractivity contribution in [3.05, 3.63) is 11.9 Å². The second-order valence-electron chi connectivity index (χ2n) is 4.23. The molecule has 20 heavy (non-hydrogen) atoms. The van der Waals surface area contributed by atoms with Crippen molar-refractivity contribution < 1.29 is 31.1 Å². The number of rotatable bonds is 3. The summed E-state index contributed by atoms with van der Waals surface area (Å²) in [6, 6.07) is 0.705. The highest BCUT2D eigenvalue weighted by molar-refractivity contribution is 5.33. The molecule has 4 nitrogen and oxygen atoms in total. The summed E-state index contributed by atoms with van der Waals surface area (Å²) < 4.78 is 78.0.